The lowest BCUT2D eigenvalue weighted by atomic mass is 10.1. The lowest BCUT2D eigenvalue weighted by Gasteiger charge is -2.22. The molecule has 22 heavy (non-hydrogen) atoms. The Labute approximate surface area is 137 Å². The summed E-state index contributed by atoms with van der Waals surface area (Å²) in [6, 6.07) is -0.790. The van der Waals surface area contributed by atoms with Crippen molar-refractivity contribution in [1.82, 2.24) is 10.0 Å². The fourth-order valence-corrected chi connectivity index (χ4v) is 2.91. The average Bonchev–Trinajstić information content (AvgIpc) is 2.46. The predicted octanol–water partition coefficient (Wildman–Crippen LogP) is -1.01. The molecule has 1 fully saturated rings. The first-order valence-corrected chi connectivity index (χ1v) is 8.71. The van der Waals surface area contributed by atoms with Gasteiger partial charge in [-0.25, -0.2) is 13.1 Å². The molecule has 2 unspecified atom stereocenters. The van der Waals surface area contributed by atoms with Gasteiger partial charge in [-0.2, -0.15) is 0 Å². The lowest BCUT2D eigenvalue weighted by Crippen LogP contribution is -2.45. The van der Waals surface area contributed by atoms with Crippen molar-refractivity contribution < 1.29 is 22.7 Å². The minimum absolute atomic E-state index is 0. The lowest BCUT2D eigenvalue weighted by molar-refractivity contribution is -0.123. The molecule has 1 aliphatic rings. The van der Waals surface area contributed by atoms with Gasteiger partial charge in [-0.3, -0.25) is 4.79 Å². The number of ether oxygens (including phenoxy) is 2. The van der Waals surface area contributed by atoms with Crippen LogP contribution in [-0.2, 0) is 24.3 Å². The first-order chi connectivity index (χ1) is 9.94. The van der Waals surface area contributed by atoms with Crippen molar-refractivity contribution >= 4 is 28.3 Å². The van der Waals surface area contributed by atoms with Gasteiger partial charge in [0.15, 0.2) is 0 Å². The molecule has 0 aromatic rings. The summed E-state index contributed by atoms with van der Waals surface area (Å²) >= 11 is 0. The number of hydrogen-bond donors (Lipinski definition) is 3. The van der Waals surface area contributed by atoms with E-state index in [1.165, 1.54) is 7.11 Å². The molecule has 1 amide bonds. The Kier molecular flexibility index (Phi) is 10.9. The molecule has 132 valence electrons. The van der Waals surface area contributed by atoms with Gasteiger partial charge in [0.1, 0.15) is 6.04 Å². The summed E-state index contributed by atoms with van der Waals surface area (Å²) in [4.78, 5) is 11.5. The minimum atomic E-state index is -3.43. The molecule has 0 radical (unpaired) electrons. The zero-order valence-corrected chi connectivity index (χ0v) is 14.4. The van der Waals surface area contributed by atoms with Gasteiger partial charge in [0.2, 0.25) is 15.9 Å². The topological polar surface area (TPSA) is 120 Å². The third-order valence-corrected chi connectivity index (χ3v) is 4.51. The number of amides is 1. The summed E-state index contributed by atoms with van der Waals surface area (Å²) in [6.07, 6.45) is 2.89. The van der Waals surface area contributed by atoms with Gasteiger partial charge in [-0.05, 0) is 19.3 Å². The van der Waals surface area contributed by atoms with Crippen molar-refractivity contribution in [2.75, 3.05) is 39.2 Å². The van der Waals surface area contributed by atoms with Crippen LogP contribution in [0.15, 0.2) is 0 Å². The van der Waals surface area contributed by atoms with Crippen LogP contribution in [0.5, 0.6) is 0 Å². The molecule has 0 spiro atoms. The summed E-state index contributed by atoms with van der Waals surface area (Å²) in [5.41, 5.74) is 5.52. The normalized spacial score (nSPS) is 20.0. The van der Waals surface area contributed by atoms with Gasteiger partial charge < -0.3 is 20.5 Å². The van der Waals surface area contributed by atoms with E-state index in [9.17, 15) is 13.2 Å². The van der Waals surface area contributed by atoms with Crippen molar-refractivity contribution in [3.05, 3.63) is 0 Å². The smallest absolute Gasteiger partial charge is 0.239 e. The maximum absolute atomic E-state index is 11.8. The highest BCUT2D eigenvalue weighted by Crippen LogP contribution is 2.11. The van der Waals surface area contributed by atoms with Gasteiger partial charge in [0.05, 0.1) is 18.5 Å². The van der Waals surface area contributed by atoms with Crippen LogP contribution in [0.25, 0.3) is 0 Å². The van der Waals surface area contributed by atoms with Crippen LogP contribution in [0.2, 0.25) is 0 Å². The van der Waals surface area contributed by atoms with Crippen LogP contribution < -0.4 is 15.8 Å². The minimum Gasteiger partial charge on any atom is -0.383 e. The van der Waals surface area contributed by atoms with Gasteiger partial charge in [-0.15, -0.1) is 12.4 Å². The highest BCUT2D eigenvalue weighted by atomic mass is 35.5. The van der Waals surface area contributed by atoms with Gasteiger partial charge in [0, 0.05) is 26.8 Å². The van der Waals surface area contributed by atoms with E-state index in [2.05, 4.69) is 10.0 Å². The van der Waals surface area contributed by atoms with Crippen LogP contribution >= 0.6 is 12.4 Å². The number of rotatable bonds is 9. The Morgan fingerprint density at radius 3 is 2.77 bits per heavy atom. The van der Waals surface area contributed by atoms with E-state index in [0.717, 1.165) is 19.3 Å². The van der Waals surface area contributed by atoms with E-state index in [-0.39, 0.29) is 44.0 Å². The molecular weight excluding hydrogens is 334 g/mol. The maximum atomic E-state index is 11.8. The first kappa shape index (κ1) is 21.6. The average molecular weight is 360 g/mol. The molecule has 4 N–H and O–H groups in total. The van der Waals surface area contributed by atoms with Crippen molar-refractivity contribution in [2.24, 2.45) is 5.73 Å². The van der Waals surface area contributed by atoms with Gasteiger partial charge >= 0.3 is 0 Å². The first-order valence-electron chi connectivity index (χ1n) is 7.06. The van der Waals surface area contributed by atoms with Crippen LogP contribution in [0.3, 0.4) is 0 Å². The van der Waals surface area contributed by atoms with Crippen molar-refractivity contribution in [3.8, 4) is 0 Å². The molecule has 0 aromatic carbocycles. The number of carbonyl (C=O) groups is 1. The van der Waals surface area contributed by atoms with E-state index in [1.807, 2.05) is 0 Å². The largest absolute Gasteiger partial charge is 0.383 e. The molecule has 0 bridgehead atoms. The SMILES string of the molecule is COCC(N)C(=O)NCCS(=O)(=O)NCC1CCCCO1.Cl. The van der Waals surface area contributed by atoms with Crippen molar-refractivity contribution in [2.45, 2.75) is 31.4 Å². The van der Waals surface area contributed by atoms with Crippen molar-refractivity contribution in [3.63, 3.8) is 0 Å². The van der Waals surface area contributed by atoms with Crippen LogP contribution in [0.1, 0.15) is 19.3 Å². The summed E-state index contributed by atoms with van der Waals surface area (Å²) in [5.74, 6) is -0.617. The number of hydrogen-bond acceptors (Lipinski definition) is 6. The van der Waals surface area contributed by atoms with E-state index in [4.69, 9.17) is 15.2 Å². The molecular formula is C12H26ClN3O5S. The number of nitrogens with two attached hydrogens (primary N) is 1. The fourth-order valence-electron chi connectivity index (χ4n) is 1.96. The summed E-state index contributed by atoms with van der Waals surface area (Å²) in [5, 5.41) is 2.47. The number of halogens is 1. The molecule has 2 atom stereocenters. The highest BCUT2D eigenvalue weighted by Gasteiger charge is 2.18. The number of nitrogens with one attached hydrogen (secondary N) is 2. The molecule has 0 saturated carbocycles. The molecule has 0 aromatic heterocycles. The zero-order valence-electron chi connectivity index (χ0n) is 12.7. The number of methoxy groups -OCH3 is 1. The van der Waals surface area contributed by atoms with E-state index in [0.29, 0.717) is 6.61 Å². The summed E-state index contributed by atoms with van der Waals surface area (Å²) in [6.45, 7) is 1.06. The zero-order chi connectivity index (χ0) is 15.7. The standard InChI is InChI=1S/C12H25N3O5S.ClH/c1-19-9-11(13)12(16)14-5-7-21(17,18)15-8-10-4-2-3-6-20-10;/h10-11,15H,2-9,13H2,1H3,(H,14,16);1H. The fraction of sp³-hybridized carbons (Fsp3) is 0.917. The van der Waals surface area contributed by atoms with Crippen LogP contribution in [0, 0.1) is 0 Å². The summed E-state index contributed by atoms with van der Waals surface area (Å²) in [7, 11) is -1.99. The van der Waals surface area contributed by atoms with E-state index < -0.39 is 22.0 Å². The second-order valence-electron chi connectivity index (χ2n) is 5.01. The molecule has 10 heteroatoms. The van der Waals surface area contributed by atoms with E-state index in [1.54, 1.807) is 0 Å². The molecule has 0 aliphatic carbocycles. The molecule has 1 saturated heterocycles. The molecule has 1 aliphatic heterocycles. The van der Waals surface area contributed by atoms with Gasteiger partial charge in [0.25, 0.3) is 0 Å². The second-order valence-corrected chi connectivity index (χ2v) is 6.94. The highest BCUT2D eigenvalue weighted by molar-refractivity contribution is 7.89. The third kappa shape index (κ3) is 8.86. The molecule has 1 rings (SSSR count). The second kappa shape index (κ2) is 11.1. The quantitative estimate of drug-likeness (QED) is 0.485. The van der Waals surface area contributed by atoms with E-state index >= 15 is 0 Å². The third-order valence-electron chi connectivity index (χ3n) is 3.16. The maximum Gasteiger partial charge on any atom is 0.239 e. The Balaban J connectivity index is 0.00000441. The molecule has 1 heterocycles. The number of carbonyl (C=O) groups excluding carboxylic acids is 1. The molecule has 8 nitrogen and oxygen atoms in total. The predicted molar refractivity (Wildman–Crippen MR) is 85.5 cm³/mol. The van der Waals surface area contributed by atoms with Crippen molar-refractivity contribution in [1.29, 1.82) is 0 Å². The monoisotopic (exact) mass is 359 g/mol. The van der Waals surface area contributed by atoms with Crippen LogP contribution in [-0.4, -0.2) is 65.6 Å². The number of sulfonamides is 1. The van der Waals surface area contributed by atoms with Gasteiger partial charge in [-0.1, -0.05) is 0 Å². The summed E-state index contributed by atoms with van der Waals surface area (Å²) < 4.78 is 36.2. The van der Waals surface area contributed by atoms with Crippen LogP contribution in [0.4, 0.5) is 0 Å². The Morgan fingerprint density at radius 1 is 1.45 bits per heavy atom. The Morgan fingerprint density at radius 2 is 2.18 bits per heavy atom. The Bertz CT molecular complexity index is 415. The Hall–Kier alpha value is -0.450.